The number of benzene rings is 1. The SMILES string of the molecule is Cc1nc(N2CCC3(CC2)CO[C@@H](C)C3O)n2cnnc2c1-c1cccc(Cl)c1Cl. The third-order valence-electron chi connectivity index (χ3n) is 6.59. The van der Waals surface area contributed by atoms with Crippen molar-refractivity contribution in [3.05, 3.63) is 40.3 Å². The van der Waals surface area contributed by atoms with Crippen LogP contribution < -0.4 is 4.90 Å². The van der Waals surface area contributed by atoms with E-state index in [1.165, 1.54) is 0 Å². The summed E-state index contributed by atoms with van der Waals surface area (Å²) in [7, 11) is 0. The summed E-state index contributed by atoms with van der Waals surface area (Å²) in [4.78, 5) is 7.14. The first-order valence-corrected chi connectivity index (χ1v) is 10.9. The van der Waals surface area contributed by atoms with Gasteiger partial charge in [-0.1, -0.05) is 35.3 Å². The topological polar surface area (TPSA) is 75.8 Å². The highest BCUT2D eigenvalue weighted by atomic mass is 35.5. The zero-order valence-electron chi connectivity index (χ0n) is 16.8. The summed E-state index contributed by atoms with van der Waals surface area (Å²) in [5.41, 5.74) is 2.96. The van der Waals surface area contributed by atoms with Crippen LogP contribution in [-0.4, -0.2) is 56.6 Å². The van der Waals surface area contributed by atoms with Gasteiger partial charge >= 0.3 is 0 Å². The van der Waals surface area contributed by atoms with Crippen LogP contribution in [0.4, 0.5) is 5.95 Å². The number of aryl methyl sites for hydroxylation is 1. The molecule has 7 nitrogen and oxygen atoms in total. The molecule has 1 N–H and O–H groups in total. The van der Waals surface area contributed by atoms with Crippen molar-refractivity contribution in [2.24, 2.45) is 5.41 Å². The Bertz CT molecular complexity index is 1110. The van der Waals surface area contributed by atoms with Crippen molar-refractivity contribution < 1.29 is 9.84 Å². The fourth-order valence-corrected chi connectivity index (χ4v) is 5.17. The van der Waals surface area contributed by atoms with Crippen molar-refractivity contribution in [1.82, 2.24) is 19.6 Å². The molecule has 2 aliphatic heterocycles. The molecule has 9 heteroatoms. The molecular weight excluding hydrogens is 425 g/mol. The van der Waals surface area contributed by atoms with Crippen LogP contribution in [0.3, 0.4) is 0 Å². The Hall–Kier alpha value is -1.93. The molecule has 0 aliphatic carbocycles. The van der Waals surface area contributed by atoms with Gasteiger partial charge in [0, 0.05) is 29.6 Å². The van der Waals surface area contributed by atoms with Crippen LogP contribution in [0, 0.1) is 12.3 Å². The summed E-state index contributed by atoms with van der Waals surface area (Å²) in [6.45, 7) is 6.07. The maximum Gasteiger partial charge on any atom is 0.212 e. The van der Waals surface area contributed by atoms with Crippen molar-refractivity contribution in [1.29, 1.82) is 0 Å². The number of aromatic nitrogens is 4. The van der Waals surface area contributed by atoms with E-state index in [9.17, 15) is 5.11 Å². The lowest BCUT2D eigenvalue weighted by Crippen LogP contribution is -2.47. The number of piperidine rings is 1. The van der Waals surface area contributed by atoms with Gasteiger partial charge in [0.15, 0.2) is 5.65 Å². The van der Waals surface area contributed by atoms with Crippen molar-refractivity contribution >= 4 is 34.8 Å². The Balaban J connectivity index is 1.52. The molecule has 0 bridgehead atoms. The second kappa shape index (κ2) is 7.34. The fraction of sp³-hybridized carbons (Fsp3) is 0.476. The van der Waals surface area contributed by atoms with Gasteiger partial charge in [0.25, 0.3) is 0 Å². The van der Waals surface area contributed by atoms with Gasteiger partial charge in [0.05, 0.1) is 34.6 Å². The molecule has 2 atom stereocenters. The average molecular weight is 448 g/mol. The molecule has 1 unspecified atom stereocenters. The highest BCUT2D eigenvalue weighted by Gasteiger charge is 2.49. The van der Waals surface area contributed by atoms with E-state index in [-0.39, 0.29) is 11.5 Å². The second-order valence-electron chi connectivity index (χ2n) is 8.31. The standard InChI is InChI=1S/C21H23Cl2N5O2/c1-12-16(14-4-3-5-15(22)17(14)23)19-26-24-11-28(19)20(25-12)27-8-6-21(7-9-27)10-30-13(2)18(21)29/h3-5,11,13,18,29H,6-10H2,1-2H3/t13-,18?/m0/s1. The van der Waals surface area contributed by atoms with Gasteiger partial charge in [-0.2, -0.15) is 0 Å². The van der Waals surface area contributed by atoms with E-state index in [2.05, 4.69) is 15.1 Å². The molecule has 158 valence electrons. The van der Waals surface area contributed by atoms with E-state index in [1.54, 1.807) is 12.4 Å². The summed E-state index contributed by atoms with van der Waals surface area (Å²) in [5.74, 6) is 0.797. The molecule has 1 spiro atoms. The summed E-state index contributed by atoms with van der Waals surface area (Å²) in [6, 6.07) is 5.54. The number of anilines is 1. The fourth-order valence-electron chi connectivity index (χ4n) is 4.77. The zero-order chi connectivity index (χ0) is 21.0. The first-order valence-electron chi connectivity index (χ1n) is 10.1. The van der Waals surface area contributed by atoms with E-state index in [1.807, 2.05) is 30.4 Å². The Morgan fingerprint density at radius 2 is 2.00 bits per heavy atom. The summed E-state index contributed by atoms with van der Waals surface area (Å²) >= 11 is 12.7. The minimum Gasteiger partial charge on any atom is -0.390 e. The third-order valence-corrected chi connectivity index (χ3v) is 7.40. The number of nitrogens with zero attached hydrogens (tertiary/aromatic N) is 5. The zero-order valence-corrected chi connectivity index (χ0v) is 18.4. The van der Waals surface area contributed by atoms with Gasteiger partial charge in [-0.25, -0.2) is 4.98 Å². The lowest BCUT2D eigenvalue weighted by molar-refractivity contribution is 0.0249. The molecule has 2 fully saturated rings. The van der Waals surface area contributed by atoms with Crippen LogP contribution in [0.2, 0.25) is 10.0 Å². The van der Waals surface area contributed by atoms with E-state index >= 15 is 0 Å². The predicted molar refractivity (Wildman–Crippen MR) is 116 cm³/mol. The largest absolute Gasteiger partial charge is 0.390 e. The van der Waals surface area contributed by atoms with Crippen LogP contribution in [0.15, 0.2) is 24.5 Å². The second-order valence-corrected chi connectivity index (χ2v) is 9.09. The molecule has 2 aromatic heterocycles. The predicted octanol–water partition coefficient (Wildman–Crippen LogP) is 3.77. The van der Waals surface area contributed by atoms with E-state index in [0.29, 0.717) is 22.3 Å². The molecule has 0 amide bonds. The minimum absolute atomic E-state index is 0.108. The number of ether oxygens (including phenoxy) is 1. The first kappa shape index (κ1) is 20.0. The molecular formula is C21H23Cl2N5O2. The van der Waals surface area contributed by atoms with Crippen LogP contribution in [0.1, 0.15) is 25.5 Å². The van der Waals surface area contributed by atoms with Crippen LogP contribution >= 0.6 is 23.2 Å². The molecule has 1 aromatic carbocycles. The van der Waals surface area contributed by atoms with Gasteiger partial charge in [-0.05, 0) is 32.8 Å². The number of aliphatic hydroxyl groups is 1. The lowest BCUT2D eigenvalue weighted by atomic mass is 9.75. The normalized spacial score (nSPS) is 23.6. The third kappa shape index (κ3) is 2.99. The number of hydrogen-bond acceptors (Lipinski definition) is 6. The van der Waals surface area contributed by atoms with Crippen molar-refractivity contribution in [3.8, 4) is 11.1 Å². The lowest BCUT2D eigenvalue weighted by Gasteiger charge is -2.41. The van der Waals surface area contributed by atoms with Crippen molar-refractivity contribution in [2.45, 2.75) is 38.9 Å². The quantitative estimate of drug-likeness (QED) is 0.644. The molecule has 2 saturated heterocycles. The number of fused-ring (bicyclic) bond motifs is 1. The van der Waals surface area contributed by atoms with E-state index in [4.69, 9.17) is 32.9 Å². The Morgan fingerprint density at radius 1 is 1.23 bits per heavy atom. The van der Waals surface area contributed by atoms with Gasteiger partial charge in [-0.15, -0.1) is 10.2 Å². The van der Waals surface area contributed by atoms with Gasteiger partial charge in [-0.3, -0.25) is 4.40 Å². The Labute approximate surface area is 184 Å². The first-order chi connectivity index (χ1) is 14.4. The average Bonchev–Trinajstić information content (AvgIpc) is 3.32. The van der Waals surface area contributed by atoms with E-state index in [0.717, 1.165) is 48.7 Å². The summed E-state index contributed by atoms with van der Waals surface area (Å²) in [6.07, 6.45) is 2.86. The van der Waals surface area contributed by atoms with Gasteiger partial charge < -0.3 is 14.7 Å². The smallest absolute Gasteiger partial charge is 0.212 e. The molecule has 5 rings (SSSR count). The maximum absolute atomic E-state index is 10.6. The molecule has 4 heterocycles. The summed E-state index contributed by atoms with van der Waals surface area (Å²) in [5, 5.41) is 20.1. The minimum atomic E-state index is -0.420. The monoisotopic (exact) mass is 447 g/mol. The van der Waals surface area contributed by atoms with Crippen LogP contribution in [-0.2, 0) is 4.74 Å². The highest BCUT2D eigenvalue weighted by Crippen LogP contribution is 2.43. The molecule has 30 heavy (non-hydrogen) atoms. The van der Waals surface area contributed by atoms with Gasteiger partial charge in [0.1, 0.15) is 6.33 Å². The highest BCUT2D eigenvalue weighted by molar-refractivity contribution is 6.43. The Morgan fingerprint density at radius 3 is 2.70 bits per heavy atom. The maximum atomic E-state index is 10.6. The molecule has 0 radical (unpaired) electrons. The molecule has 3 aromatic rings. The van der Waals surface area contributed by atoms with Crippen LogP contribution in [0.25, 0.3) is 16.8 Å². The van der Waals surface area contributed by atoms with Gasteiger partial charge in [0.2, 0.25) is 5.95 Å². The summed E-state index contributed by atoms with van der Waals surface area (Å²) < 4.78 is 7.63. The van der Waals surface area contributed by atoms with Crippen molar-refractivity contribution in [2.75, 3.05) is 24.6 Å². The number of halogens is 2. The van der Waals surface area contributed by atoms with Crippen LogP contribution in [0.5, 0.6) is 0 Å². The van der Waals surface area contributed by atoms with Crippen molar-refractivity contribution in [3.63, 3.8) is 0 Å². The number of rotatable bonds is 2. The number of aliphatic hydroxyl groups excluding tert-OH is 1. The Kier molecular flexibility index (Phi) is 4.89. The van der Waals surface area contributed by atoms with E-state index < -0.39 is 6.10 Å². The molecule has 2 aliphatic rings. The molecule has 0 saturated carbocycles. The number of hydrogen-bond donors (Lipinski definition) is 1.